The molecule has 0 aliphatic carbocycles. The topological polar surface area (TPSA) is 67.2 Å². The molecule has 1 aliphatic rings. The maximum Gasteiger partial charge on any atom is 0.260 e. The molecule has 0 aromatic carbocycles. The van der Waals surface area contributed by atoms with Crippen LogP contribution in [0.25, 0.3) is 5.65 Å². The minimum atomic E-state index is -0.0708. The highest BCUT2D eigenvalue weighted by Gasteiger charge is 2.22. The third-order valence-electron chi connectivity index (χ3n) is 4.00. The lowest BCUT2D eigenvalue weighted by atomic mass is 10.3. The second-order valence-electron chi connectivity index (χ2n) is 5.66. The summed E-state index contributed by atoms with van der Waals surface area (Å²) in [5.41, 5.74) is 1.60. The zero-order chi connectivity index (χ0) is 16.4. The molecule has 0 N–H and O–H groups in total. The van der Waals surface area contributed by atoms with Crippen molar-refractivity contribution in [3.63, 3.8) is 0 Å². The Balaban J connectivity index is 1.59. The second kappa shape index (κ2) is 6.28. The quantitative estimate of drug-likeness (QED) is 0.836. The summed E-state index contributed by atoms with van der Waals surface area (Å²) >= 11 is 0. The first-order valence-corrected chi connectivity index (χ1v) is 7.65. The van der Waals surface area contributed by atoms with Gasteiger partial charge in [-0.05, 0) is 19.1 Å². The smallest absolute Gasteiger partial charge is 0.260 e. The molecule has 0 atom stereocenters. The lowest BCUT2D eigenvalue weighted by molar-refractivity contribution is -0.139. The molecule has 2 aromatic heterocycles. The standard InChI is InChI=1S/C16H20N4O3/c1-12-10-20-5-3-4-14(16(20)17-12)23-11-15(22)19-8-6-18(7-9-19)13(2)21/h3-5,10H,6-9,11H2,1-2H3. The molecule has 7 heteroatoms. The minimum absolute atomic E-state index is 0.0222. The summed E-state index contributed by atoms with van der Waals surface area (Å²) in [6.45, 7) is 5.70. The lowest BCUT2D eigenvalue weighted by Crippen LogP contribution is -2.51. The van der Waals surface area contributed by atoms with Gasteiger partial charge in [0.25, 0.3) is 5.91 Å². The van der Waals surface area contributed by atoms with Crippen LogP contribution in [-0.2, 0) is 9.59 Å². The van der Waals surface area contributed by atoms with Gasteiger partial charge in [0.05, 0.1) is 5.69 Å². The summed E-state index contributed by atoms with van der Waals surface area (Å²) in [7, 11) is 0. The number of carbonyl (C=O) groups excluding carboxylic acids is 2. The van der Waals surface area contributed by atoms with Crippen LogP contribution in [0.1, 0.15) is 12.6 Å². The van der Waals surface area contributed by atoms with E-state index >= 15 is 0 Å². The number of fused-ring (bicyclic) bond motifs is 1. The van der Waals surface area contributed by atoms with E-state index in [9.17, 15) is 9.59 Å². The van der Waals surface area contributed by atoms with Crippen LogP contribution in [0.4, 0.5) is 0 Å². The highest BCUT2D eigenvalue weighted by molar-refractivity contribution is 5.79. The van der Waals surface area contributed by atoms with E-state index < -0.39 is 0 Å². The zero-order valence-corrected chi connectivity index (χ0v) is 13.4. The van der Waals surface area contributed by atoms with Gasteiger partial charge in [0.1, 0.15) is 0 Å². The molecule has 0 unspecified atom stereocenters. The molecular weight excluding hydrogens is 296 g/mol. The lowest BCUT2D eigenvalue weighted by Gasteiger charge is -2.34. The number of piperazine rings is 1. The molecule has 0 saturated carbocycles. The molecule has 1 aliphatic heterocycles. The number of carbonyl (C=O) groups is 2. The van der Waals surface area contributed by atoms with E-state index in [1.54, 1.807) is 16.7 Å². The molecule has 122 valence electrons. The van der Waals surface area contributed by atoms with Crippen molar-refractivity contribution < 1.29 is 14.3 Å². The predicted molar refractivity (Wildman–Crippen MR) is 84.3 cm³/mol. The Morgan fingerprint density at radius 1 is 1.22 bits per heavy atom. The van der Waals surface area contributed by atoms with Crippen molar-refractivity contribution in [1.82, 2.24) is 19.2 Å². The van der Waals surface area contributed by atoms with Crippen LogP contribution in [0, 0.1) is 6.92 Å². The summed E-state index contributed by atoms with van der Waals surface area (Å²) in [5, 5.41) is 0. The number of amides is 2. The number of nitrogens with zero attached hydrogens (tertiary/aromatic N) is 4. The van der Waals surface area contributed by atoms with Crippen LogP contribution >= 0.6 is 0 Å². The van der Waals surface area contributed by atoms with Crippen LogP contribution < -0.4 is 4.74 Å². The molecule has 7 nitrogen and oxygen atoms in total. The molecule has 3 heterocycles. The monoisotopic (exact) mass is 316 g/mol. The fourth-order valence-electron chi connectivity index (χ4n) is 2.72. The fraction of sp³-hybridized carbons (Fsp3) is 0.438. The minimum Gasteiger partial charge on any atom is -0.480 e. The van der Waals surface area contributed by atoms with Crippen molar-refractivity contribution in [1.29, 1.82) is 0 Å². The van der Waals surface area contributed by atoms with E-state index in [0.717, 1.165) is 5.69 Å². The van der Waals surface area contributed by atoms with E-state index in [1.807, 2.05) is 35.9 Å². The normalized spacial score (nSPS) is 15.0. The Hall–Kier alpha value is -2.57. The van der Waals surface area contributed by atoms with Gasteiger partial charge in [-0.3, -0.25) is 9.59 Å². The molecule has 0 bridgehead atoms. The molecular formula is C16H20N4O3. The van der Waals surface area contributed by atoms with Crippen LogP contribution in [0.2, 0.25) is 0 Å². The van der Waals surface area contributed by atoms with Crippen molar-refractivity contribution >= 4 is 17.5 Å². The molecule has 23 heavy (non-hydrogen) atoms. The second-order valence-corrected chi connectivity index (χ2v) is 5.66. The molecule has 2 aromatic rings. The average molecular weight is 316 g/mol. The van der Waals surface area contributed by atoms with Gasteiger partial charge in [-0.15, -0.1) is 0 Å². The van der Waals surface area contributed by atoms with Gasteiger partial charge in [0.15, 0.2) is 18.0 Å². The Labute approximate surface area is 134 Å². The van der Waals surface area contributed by atoms with Crippen molar-refractivity contribution in [2.24, 2.45) is 0 Å². The number of imidazole rings is 1. The van der Waals surface area contributed by atoms with E-state index in [1.165, 1.54) is 0 Å². The van der Waals surface area contributed by atoms with Crippen LogP contribution in [0.3, 0.4) is 0 Å². The first-order valence-electron chi connectivity index (χ1n) is 7.65. The van der Waals surface area contributed by atoms with Crippen molar-refractivity contribution in [3.8, 4) is 5.75 Å². The average Bonchev–Trinajstić information content (AvgIpc) is 2.93. The number of rotatable bonds is 3. The van der Waals surface area contributed by atoms with Gasteiger partial charge in [-0.25, -0.2) is 4.98 Å². The van der Waals surface area contributed by atoms with Gasteiger partial charge >= 0.3 is 0 Å². The predicted octanol–water partition coefficient (Wildman–Crippen LogP) is 0.712. The molecule has 2 amide bonds. The zero-order valence-electron chi connectivity index (χ0n) is 13.4. The molecule has 1 fully saturated rings. The van der Waals surface area contributed by atoms with E-state index in [0.29, 0.717) is 37.6 Å². The maximum atomic E-state index is 12.3. The summed E-state index contributed by atoms with van der Waals surface area (Å²) < 4.78 is 7.54. The van der Waals surface area contributed by atoms with Gasteiger partial charge in [-0.2, -0.15) is 0 Å². The first kappa shape index (κ1) is 15.3. The van der Waals surface area contributed by atoms with Gasteiger partial charge < -0.3 is 18.9 Å². The molecule has 1 saturated heterocycles. The van der Waals surface area contributed by atoms with Crippen molar-refractivity contribution in [2.75, 3.05) is 32.8 Å². The molecule has 3 rings (SSSR count). The third-order valence-corrected chi connectivity index (χ3v) is 4.00. The number of aryl methyl sites for hydroxylation is 1. The van der Waals surface area contributed by atoms with Gasteiger partial charge in [0.2, 0.25) is 5.91 Å². The van der Waals surface area contributed by atoms with Crippen molar-refractivity contribution in [2.45, 2.75) is 13.8 Å². The first-order chi connectivity index (χ1) is 11.0. The van der Waals surface area contributed by atoms with Crippen LogP contribution in [0.5, 0.6) is 5.75 Å². The number of hydrogen-bond donors (Lipinski definition) is 0. The summed E-state index contributed by atoms with van der Waals surface area (Å²) in [4.78, 5) is 31.4. The number of pyridine rings is 1. The Morgan fingerprint density at radius 3 is 2.61 bits per heavy atom. The number of ether oxygens (including phenoxy) is 1. The van der Waals surface area contributed by atoms with Crippen LogP contribution in [0.15, 0.2) is 24.5 Å². The Kier molecular flexibility index (Phi) is 4.18. The fourth-order valence-corrected chi connectivity index (χ4v) is 2.72. The summed E-state index contributed by atoms with van der Waals surface area (Å²) in [6.07, 6.45) is 3.80. The Bertz CT molecular complexity index is 732. The summed E-state index contributed by atoms with van der Waals surface area (Å²) in [5.74, 6) is 0.574. The number of hydrogen-bond acceptors (Lipinski definition) is 4. The third kappa shape index (κ3) is 3.28. The Morgan fingerprint density at radius 2 is 1.91 bits per heavy atom. The molecule has 0 radical (unpaired) electrons. The van der Waals surface area contributed by atoms with Crippen molar-refractivity contribution in [3.05, 3.63) is 30.2 Å². The van der Waals surface area contributed by atoms with E-state index in [4.69, 9.17) is 4.74 Å². The maximum absolute atomic E-state index is 12.3. The van der Waals surface area contributed by atoms with Gasteiger partial charge in [0, 0.05) is 45.5 Å². The summed E-state index contributed by atoms with van der Waals surface area (Å²) in [6, 6.07) is 3.67. The van der Waals surface area contributed by atoms with Gasteiger partial charge in [-0.1, -0.05) is 0 Å². The largest absolute Gasteiger partial charge is 0.480 e. The SMILES string of the molecule is CC(=O)N1CCN(C(=O)COc2cccn3cc(C)nc23)CC1. The highest BCUT2D eigenvalue weighted by Crippen LogP contribution is 2.18. The molecule has 0 spiro atoms. The van der Waals surface area contributed by atoms with E-state index in [-0.39, 0.29) is 18.4 Å². The highest BCUT2D eigenvalue weighted by atomic mass is 16.5. The van der Waals surface area contributed by atoms with E-state index in [2.05, 4.69) is 4.98 Å². The number of aromatic nitrogens is 2. The van der Waals surface area contributed by atoms with Crippen LogP contribution in [-0.4, -0.2) is 63.8 Å².